The van der Waals surface area contributed by atoms with Crippen molar-refractivity contribution in [2.75, 3.05) is 18.5 Å². The lowest BCUT2D eigenvalue weighted by atomic mass is 10.1. The van der Waals surface area contributed by atoms with Gasteiger partial charge in [-0.05, 0) is 25.0 Å². The van der Waals surface area contributed by atoms with Gasteiger partial charge in [-0.15, -0.1) is 0 Å². The fraction of sp³-hybridized carbons (Fsp3) is 0.353. The molecule has 0 aliphatic carbocycles. The second-order valence-electron chi connectivity index (χ2n) is 5.05. The number of nitrogens with zero attached hydrogens (tertiary/aromatic N) is 2. The summed E-state index contributed by atoms with van der Waals surface area (Å²) < 4.78 is 11.9. The Morgan fingerprint density at radius 3 is 2.71 bits per heavy atom. The van der Waals surface area contributed by atoms with Crippen molar-refractivity contribution in [2.45, 2.75) is 20.3 Å². The van der Waals surface area contributed by atoms with Gasteiger partial charge in [-0.25, -0.2) is 4.79 Å². The zero-order valence-corrected chi connectivity index (χ0v) is 14.0. The van der Waals surface area contributed by atoms with Crippen molar-refractivity contribution < 1.29 is 19.1 Å². The minimum Gasteiger partial charge on any atom is -0.483 e. The Bertz CT molecular complexity index is 724. The van der Waals surface area contributed by atoms with E-state index in [2.05, 4.69) is 10.4 Å². The van der Waals surface area contributed by atoms with Gasteiger partial charge in [0.05, 0.1) is 12.8 Å². The number of para-hydroxylation sites is 1. The van der Waals surface area contributed by atoms with Crippen LogP contribution in [0.1, 0.15) is 29.8 Å². The van der Waals surface area contributed by atoms with Crippen LogP contribution in [0.15, 0.2) is 30.5 Å². The Morgan fingerprint density at radius 2 is 2.00 bits per heavy atom. The van der Waals surface area contributed by atoms with Crippen molar-refractivity contribution >= 4 is 17.7 Å². The number of benzene rings is 1. The van der Waals surface area contributed by atoms with E-state index in [0.717, 1.165) is 12.0 Å². The molecule has 0 unspecified atom stereocenters. The predicted molar refractivity (Wildman–Crippen MR) is 89.1 cm³/mol. The van der Waals surface area contributed by atoms with Crippen LogP contribution in [0.25, 0.3) is 0 Å². The van der Waals surface area contributed by atoms with Crippen molar-refractivity contribution in [3.8, 4) is 5.75 Å². The summed E-state index contributed by atoms with van der Waals surface area (Å²) in [6.45, 7) is 3.82. The molecule has 0 saturated carbocycles. The Labute approximate surface area is 140 Å². The lowest BCUT2D eigenvalue weighted by molar-refractivity contribution is -0.118. The maximum absolute atomic E-state index is 12.1. The zero-order valence-electron chi connectivity index (χ0n) is 14.0. The van der Waals surface area contributed by atoms with Crippen LogP contribution in [-0.2, 0) is 23.0 Å². The van der Waals surface area contributed by atoms with Gasteiger partial charge in [0.15, 0.2) is 6.61 Å². The summed E-state index contributed by atoms with van der Waals surface area (Å²) in [5.41, 5.74) is 1.24. The molecule has 128 valence electrons. The van der Waals surface area contributed by atoms with Crippen LogP contribution < -0.4 is 10.1 Å². The van der Waals surface area contributed by atoms with Gasteiger partial charge in [-0.1, -0.05) is 25.1 Å². The number of nitrogens with one attached hydrogen (secondary N) is 1. The van der Waals surface area contributed by atoms with Crippen molar-refractivity contribution in [1.29, 1.82) is 0 Å². The molecule has 1 heterocycles. The maximum Gasteiger partial charge on any atom is 0.343 e. The first-order valence-corrected chi connectivity index (χ1v) is 7.76. The number of carbonyl (C=O) groups is 2. The number of anilines is 1. The third-order valence-electron chi connectivity index (χ3n) is 3.40. The van der Waals surface area contributed by atoms with Gasteiger partial charge in [-0.3, -0.25) is 9.48 Å². The summed E-state index contributed by atoms with van der Waals surface area (Å²) in [5.74, 6) is 0.0461. The first kappa shape index (κ1) is 17.5. The number of hydrogen-bond acceptors (Lipinski definition) is 5. The molecule has 0 atom stereocenters. The van der Waals surface area contributed by atoms with Crippen molar-refractivity contribution in [2.24, 2.45) is 7.05 Å². The number of carbonyl (C=O) groups excluding carboxylic acids is 2. The molecule has 7 nitrogen and oxygen atoms in total. The lowest BCUT2D eigenvalue weighted by Crippen LogP contribution is -2.23. The SMILES string of the molecule is CCOC(=O)c1cnn(C)c1NC(=O)COc1ccccc1CC. The van der Waals surface area contributed by atoms with Crippen LogP contribution in [0.5, 0.6) is 5.75 Å². The average molecular weight is 331 g/mol. The second-order valence-corrected chi connectivity index (χ2v) is 5.05. The van der Waals surface area contributed by atoms with E-state index in [-0.39, 0.29) is 30.5 Å². The van der Waals surface area contributed by atoms with Crippen LogP contribution in [0.2, 0.25) is 0 Å². The van der Waals surface area contributed by atoms with Gasteiger partial charge in [0.1, 0.15) is 17.1 Å². The molecule has 1 N–H and O–H groups in total. The normalized spacial score (nSPS) is 10.3. The number of hydrogen-bond donors (Lipinski definition) is 1. The minimum absolute atomic E-state index is 0.162. The molecule has 1 aromatic carbocycles. The van der Waals surface area contributed by atoms with E-state index >= 15 is 0 Å². The fourth-order valence-corrected chi connectivity index (χ4v) is 2.19. The number of ether oxygens (including phenoxy) is 2. The molecule has 24 heavy (non-hydrogen) atoms. The summed E-state index contributed by atoms with van der Waals surface area (Å²) in [6.07, 6.45) is 2.17. The number of rotatable bonds is 7. The largest absolute Gasteiger partial charge is 0.483 e. The number of aromatic nitrogens is 2. The van der Waals surface area contributed by atoms with E-state index in [1.165, 1.54) is 10.9 Å². The molecular weight excluding hydrogens is 310 g/mol. The van der Waals surface area contributed by atoms with Gasteiger partial charge in [0.25, 0.3) is 5.91 Å². The minimum atomic E-state index is -0.529. The van der Waals surface area contributed by atoms with Gasteiger partial charge >= 0.3 is 5.97 Å². The molecule has 0 saturated heterocycles. The first-order valence-electron chi connectivity index (χ1n) is 7.76. The van der Waals surface area contributed by atoms with Gasteiger partial charge in [0, 0.05) is 7.05 Å². The van der Waals surface area contributed by atoms with Crippen LogP contribution >= 0.6 is 0 Å². The summed E-state index contributed by atoms with van der Waals surface area (Å²) in [4.78, 5) is 24.0. The van der Waals surface area contributed by atoms with Crippen molar-refractivity contribution in [3.63, 3.8) is 0 Å². The standard InChI is InChI=1S/C17H21N3O4/c1-4-12-8-6-7-9-14(12)24-11-15(21)19-16-13(10-18-20(16)3)17(22)23-5-2/h6-10H,4-5,11H2,1-3H3,(H,19,21). The number of esters is 1. The topological polar surface area (TPSA) is 82.5 Å². The average Bonchev–Trinajstić information content (AvgIpc) is 2.94. The van der Waals surface area contributed by atoms with E-state index < -0.39 is 5.97 Å². The molecule has 2 rings (SSSR count). The molecule has 0 radical (unpaired) electrons. The monoisotopic (exact) mass is 331 g/mol. The Kier molecular flexibility index (Phi) is 5.95. The van der Waals surface area contributed by atoms with Gasteiger partial charge < -0.3 is 14.8 Å². The summed E-state index contributed by atoms with van der Waals surface area (Å²) in [7, 11) is 1.63. The highest BCUT2D eigenvalue weighted by Crippen LogP contribution is 2.19. The maximum atomic E-state index is 12.1. The molecule has 0 spiro atoms. The first-order chi connectivity index (χ1) is 11.6. The molecule has 0 bridgehead atoms. The highest BCUT2D eigenvalue weighted by molar-refractivity contribution is 6.00. The van der Waals surface area contributed by atoms with Crippen LogP contribution in [0.3, 0.4) is 0 Å². The highest BCUT2D eigenvalue weighted by atomic mass is 16.5. The number of aryl methyl sites for hydroxylation is 2. The van der Waals surface area contributed by atoms with Crippen molar-refractivity contribution in [3.05, 3.63) is 41.6 Å². The third-order valence-corrected chi connectivity index (χ3v) is 3.40. The number of amides is 1. The van der Waals surface area contributed by atoms with Gasteiger partial charge in [0.2, 0.25) is 0 Å². The molecule has 0 fully saturated rings. The summed E-state index contributed by atoms with van der Waals surface area (Å²) >= 11 is 0. The van der Waals surface area contributed by atoms with E-state index in [9.17, 15) is 9.59 Å². The Hall–Kier alpha value is -2.83. The molecule has 0 aliphatic heterocycles. The zero-order chi connectivity index (χ0) is 17.5. The lowest BCUT2D eigenvalue weighted by Gasteiger charge is -2.11. The Morgan fingerprint density at radius 1 is 1.25 bits per heavy atom. The van der Waals surface area contributed by atoms with Crippen molar-refractivity contribution in [1.82, 2.24) is 9.78 Å². The summed E-state index contributed by atoms with van der Waals surface area (Å²) in [6, 6.07) is 7.55. The van der Waals surface area contributed by atoms with Gasteiger partial charge in [-0.2, -0.15) is 5.10 Å². The Balaban J connectivity index is 2.03. The smallest absolute Gasteiger partial charge is 0.343 e. The predicted octanol–water partition coefficient (Wildman–Crippen LogP) is 2.18. The van der Waals surface area contributed by atoms with E-state index in [4.69, 9.17) is 9.47 Å². The molecule has 7 heteroatoms. The highest BCUT2D eigenvalue weighted by Gasteiger charge is 2.19. The van der Waals surface area contributed by atoms with Crippen LogP contribution in [-0.4, -0.2) is 34.9 Å². The van der Waals surface area contributed by atoms with Crippen LogP contribution in [0.4, 0.5) is 5.82 Å². The van der Waals surface area contributed by atoms with E-state index in [0.29, 0.717) is 5.75 Å². The fourth-order valence-electron chi connectivity index (χ4n) is 2.19. The molecule has 1 aromatic heterocycles. The quantitative estimate of drug-likeness (QED) is 0.786. The third kappa shape index (κ3) is 4.13. The van der Waals surface area contributed by atoms with Crippen LogP contribution in [0, 0.1) is 0 Å². The molecule has 1 amide bonds. The summed E-state index contributed by atoms with van der Waals surface area (Å²) in [5, 5.41) is 6.62. The van der Waals surface area contributed by atoms with E-state index in [1.807, 2.05) is 31.2 Å². The van der Waals surface area contributed by atoms with E-state index in [1.54, 1.807) is 14.0 Å². The molecule has 2 aromatic rings. The second kappa shape index (κ2) is 8.14. The molecular formula is C17H21N3O4. The molecule has 0 aliphatic rings.